The van der Waals surface area contributed by atoms with Crippen molar-refractivity contribution in [3.8, 4) is 0 Å². The highest BCUT2D eigenvalue weighted by Gasteiger charge is 2.18. The summed E-state index contributed by atoms with van der Waals surface area (Å²) in [6.07, 6.45) is 0. The molecular weight excluding hydrogens is 408 g/mol. The average molecular weight is 420 g/mol. The first-order valence-electron chi connectivity index (χ1n) is 8.99. The van der Waals surface area contributed by atoms with Gasteiger partial charge in [-0.25, -0.2) is 9.78 Å². The highest BCUT2D eigenvalue weighted by Crippen LogP contribution is 2.31. The SMILES string of the molecule is O=c1[nH]c2cc3nc4c5cccc6cc(CS(=O)(=O)O)cc(c(=O)n4c3cc2[nH]1)c65. The minimum atomic E-state index is -4.25. The number of fused-ring (bicyclic) bond motifs is 5. The summed E-state index contributed by atoms with van der Waals surface area (Å²) in [6, 6.07) is 12.0. The third kappa shape index (κ3) is 2.31. The number of hydrogen-bond acceptors (Lipinski definition) is 5. The second-order valence-corrected chi connectivity index (χ2v) is 8.77. The second-order valence-electron chi connectivity index (χ2n) is 7.31. The van der Waals surface area contributed by atoms with Crippen molar-refractivity contribution in [2.45, 2.75) is 5.75 Å². The molecule has 6 rings (SSSR count). The van der Waals surface area contributed by atoms with Crippen molar-refractivity contribution in [2.24, 2.45) is 0 Å². The van der Waals surface area contributed by atoms with E-state index in [-0.39, 0.29) is 11.2 Å². The summed E-state index contributed by atoms with van der Waals surface area (Å²) >= 11 is 0. The van der Waals surface area contributed by atoms with E-state index < -0.39 is 15.9 Å². The zero-order chi connectivity index (χ0) is 20.8. The van der Waals surface area contributed by atoms with Crippen molar-refractivity contribution in [2.75, 3.05) is 0 Å². The lowest BCUT2D eigenvalue weighted by molar-refractivity contribution is 0.482. The van der Waals surface area contributed by atoms with Crippen molar-refractivity contribution in [3.63, 3.8) is 0 Å². The molecule has 0 bridgehead atoms. The van der Waals surface area contributed by atoms with Crippen LogP contribution < -0.4 is 11.2 Å². The van der Waals surface area contributed by atoms with Gasteiger partial charge in [0.2, 0.25) is 0 Å². The molecule has 0 saturated carbocycles. The van der Waals surface area contributed by atoms with Crippen LogP contribution in [0.25, 0.3) is 49.3 Å². The third-order valence-corrected chi connectivity index (χ3v) is 6.05. The zero-order valence-electron chi connectivity index (χ0n) is 15.1. The monoisotopic (exact) mass is 420 g/mol. The van der Waals surface area contributed by atoms with Crippen LogP contribution >= 0.6 is 0 Å². The van der Waals surface area contributed by atoms with Crippen LogP contribution in [0.3, 0.4) is 0 Å². The van der Waals surface area contributed by atoms with E-state index in [4.69, 9.17) is 0 Å². The summed E-state index contributed by atoms with van der Waals surface area (Å²) in [7, 11) is -4.25. The quantitative estimate of drug-likeness (QED) is 0.367. The number of aromatic amines is 2. The van der Waals surface area contributed by atoms with E-state index in [9.17, 15) is 22.6 Å². The van der Waals surface area contributed by atoms with Gasteiger partial charge in [0, 0.05) is 16.2 Å². The molecule has 9 nitrogen and oxygen atoms in total. The molecule has 3 aromatic carbocycles. The Morgan fingerprint density at radius 2 is 1.77 bits per heavy atom. The first kappa shape index (κ1) is 17.1. The largest absolute Gasteiger partial charge is 0.323 e. The predicted molar refractivity (Wildman–Crippen MR) is 113 cm³/mol. The molecule has 0 aliphatic heterocycles. The van der Waals surface area contributed by atoms with Crippen LogP contribution in [-0.2, 0) is 15.9 Å². The van der Waals surface area contributed by atoms with Crippen LogP contribution in [0, 0.1) is 0 Å². The van der Waals surface area contributed by atoms with Gasteiger partial charge in [-0.15, -0.1) is 0 Å². The fourth-order valence-corrected chi connectivity index (χ4v) is 4.84. The smallest absolute Gasteiger partial charge is 0.306 e. The molecule has 3 aromatic heterocycles. The molecule has 0 aliphatic carbocycles. The number of rotatable bonds is 2. The topological polar surface area (TPSA) is 137 Å². The summed E-state index contributed by atoms with van der Waals surface area (Å²) in [5, 5.41) is 2.44. The summed E-state index contributed by atoms with van der Waals surface area (Å²) in [5.74, 6) is -0.587. The number of nitrogens with zero attached hydrogens (tertiary/aromatic N) is 2. The van der Waals surface area contributed by atoms with E-state index >= 15 is 0 Å². The Hall–Kier alpha value is -3.76. The Labute approximate surface area is 166 Å². The number of pyridine rings is 1. The summed E-state index contributed by atoms with van der Waals surface area (Å²) in [5.41, 5.74) is 2.29. The molecule has 0 unspecified atom stereocenters. The molecule has 0 aliphatic rings. The van der Waals surface area contributed by atoms with Gasteiger partial charge in [-0.3, -0.25) is 13.7 Å². The number of aromatic nitrogens is 4. The molecule has 3 N–H and O–H groups in total. The Bertz CT molecular complexity index is 1900. The molecule has 30 heavy (non-hydrogen) atoms. The fraction of sp³-hybridized carbons (Fsp3) is 0.0500. The van der Waals surface area contributed by atoms with Gasteiger partial charge in [-0.05, 0) is 35.2 Å². The van der Waals surface area contributed by atoms with Crippen molar-refractivity contribution < 1.29 is 13.0 Å². The van der Waals surface area contributed by atoms with Gasteiger partial charge >= 0.3 is 5.69 Å². The molecule has 0 fully saturated rings. The van der Waals surface area contributed by atoms with Crippen LogP contribution in [0.15, 0.2) is 52.1 Å². The molecule has 148 valence electrons. The average Bonchev–Trinajstić information content (AvgIpc) is 3.21. The maximum Gasteiger partial charge on any atom is 0.323 e. The standard InChI is InChI=1S/C20H12N4O5S/c25-19-12-5-9(8-30(27,28)29)4-10-2-1-3-11(17(10)12)18-21-15-6-13-14(23-20(26)22-13)7-16(15)24(18)19/h1-7H,8H2,(H2,22,23,26)(H,27,28,29). The number of hydrogen-bond donors (Lipinski definition) is 3. The van der Waals surface area contributed by atoms with Gasteiger partial charge in [0.25, 0.3) is 15.7 Å². The minimum absolute atomic E-state index is 0.315. The Morgan fingerprint density at radius 1 is 1.00 bits per heavy atom. The van der Waals surface area contributed by atoms with E-state index in [0.29, 0.717) is 49.4 Å². The first-order chi connectivity index (χ1) is 14.3. The molecule has 6 aromatic rings. The lowest BCUT2D eigenvalue weighted by Gasteiger charge is -2.09. The van der Waals surface area contributed by atoms with Gasteiger partial charge < -0.3 is 9.97 Å². The molecule has 0 spiro atoms. The summed E-state index contributed by atoms with van der Waals surface area (Å²) in [6.45, 7) is 0. The Balaban J connectivity index is 1.84. The number of nitrogens with one attached hydrogen (secondary N) is 2. The van der Waals surface area contributed by atoms with E-state index in [1.807, 2.05) is 6.07 Å². The van der Waals surface area contributed by atoms with Gasteiger partial charge in [-0.1, -0.05) is 18.2 Å². The highest BCUT2D eigenvalue weighted by atomic mass is 32.2. The summed E-state index contributed by atoms with van der Waals surface area (Å²) in [4.78, 5) is 35.1. The van der Waals surface area contributed by atoms with Crippen molar-refractivity contribution >= 4 is 59.4 Å². The summed E-state index contributed by atoms with van der Waals surface area (Å²) < 4.78 is 33.5. The van der Waals surface area contributed by atoms with Crippen molar-refractivity contribution in [1.29, 1.82) is 0 Å². The molecule has 0 saturated heterocycles. The first-order valence-corrected chi connectivity index (χ1v) is 10.6. The van der Waals surface area contributed by atoms with Gasteiger partial charge in [-0.2, -0.15) is 8.42 Å². The molecule has 3 heterocycles. The van der Waals surface area contributed by atoms with Crippen LogP contribution in [0.2, 0.25) is 0 Å². The third-order valence-electron chi connectivity index (χ3n) is 5.35. The molecule has 10 heteroatoms. The van der Waals surface area contributed by atoms with Gasteiger partial charge in [0.05, 0.1) is 22.1 Å². The second kappa shape index (κ2) is 5.43. The van der Waals surface area contributed by atoms with Crippen molar-refractivity contribution in [1.82, 2.24) is 19.4 Å². The lowest BCUT2D eigenvalue weighted by atomic mass is 10.00. The Morgan fingerprint density at radius 3 is 2.53 bits per heavy atom. The molecule has 0 amide bonds. The lowest BCUT2D eigenvalue weighted by Crippen LogP contribution is -2.14. The molecule has 0 radical (unpaired) electrons. The maximum absolute atomic E-state index is 13.5. The normalized spacial score (nSPS) is 12.8. The highest BCUT2D eigenvalue weighted by molar-refractivity contribution is 7.85. The molecule has 0 atom stereocenters. The van der Waals surface area contributed by atoms with E-state index in [1.165, 1.54) is 10.5 Å². The predicted octanol–water partition coefficient (Wildman–Crippen LogP) is 2.15. The van der Waals surface area contributed by atoms with E-state index in [2.05, 4.69) is 15.0 Å². The number of H-pyrrole nitrogens is 2. The van der Waals surface area contributed by atoms with Crippen LogP contribution in [0.1, 0.15) is 5.56 Å². The van der Waals surface area contributed by atoms with Crippen LogP contribution in [0.5, 0.6) is 0 Å². The van der Waals surface area contributed by atoms with Crippen LogP contribution in [-0.4, -0.2) is 32.3 Å². The fourth-order valence-electron chi connectivity index (χ4n) is 4.25. The molecular formula is C20H12N4O5S. The van der Waals surface area contributed by atoms with E-state index in [1.54, 1.807) is 30.3 Å². The van der Waals surface area contributed by atoms with Gasteiger partial charge in [0.1, 0.15) is 11.4 Å². The van der Waals surface area contributed by atoms with Gasteiger partial charge in [0.15, 0.2) is 0 Å². The minimum Gasteiger partial charge on any atom is -0.306 e. The zero-order valence-corrected chi connectivity index (χ0v) is 15.9. The Kier molecular flexibility index (Phi) is 3.10. The van der Waals surface area contributed by atoms with Crippen molar-refractivity contribution in [3.05, 3.63) is 68.9 Å². The number of benzene rings is 3. The number of imidazole rings is 2. The van der Waals surface area contributed by atoms with E-state index in [0.717, 1.165) is 5.39 Å². The maximum atomic E-state index is 13.5. The van der Waals surface area contributed by atoms with Crippen LogP contribution in [0.4, 0.5) is 0 Å².